The summed E-state index contributed by atoms with van der Waals surface area (Å²) in [6.07, 6.45) is 3.41. The standard InChI is InChI=1S/C25H21F2N3O2/c1-30-15-14-28-24(30)23(18-8-12-20(27)13-9-18)29-25(31)21-4-2-3-5-22(21)32-16-17-6-10-19(26)11-7-17/h2-15,23H,16H2,1H3,(H,29,31)/t23-/m1/s1. The van der Waals surface area contributed by atoms with Crippen LogP contribution in [0.3, 0.4) is 0 Å². The number of rotatable bonds is 7. The smallest absolute Gasteiger partial charge is 0.255 e. The molecule has 0 saturated carbocycles. The summed E-state index contributed by atoms with van der Waals surface area (Å²) in [6.45, 7) is 0.186. The Labute approximate surface area is 184 Å². The van der Waals surface area contributed by atoms with Crippen LogP contribution in [0, 0.1) is 11.6 Å². The van der Waals surface area contributed by atoms with Crippen molar-refractivity contribution in [3.05, 3.63) is 119 Å². The van der Waals surface area contributed by atoms with E-state index < -0.39 is 6.04 Å². The highest BCUT2D eigenvalue weighted by Crippen LogP contribution is 2.24. The lowest BCUT2D eigenvalue weighted by molar-refractivity contribution is 0.0936. The first-order chi connectivity index (χ1) is 15.5. The van der Waals surface area contributed by atoms with E-state index in [1.54, 1.807) is 65.5 Å². The number of nitrogens with one attached hydrogen (secondary N) is 1. The van der Waals surface area contributed by atoms with Crippen LogP contribution in [0.1, 0.15) is 33.4 Å². The van der Waals surface area contributed by atoms with Gasteiger partial charge in [0.1, 0.15) is 35.9 Å². The van der Waals surface area contributed by atoms with Crippen molar-refractivity contribution in [1.82, 2.24) is 14.9 Å². The highest BCUT2D eigenvalue weighted by atomic mass is 19.1. The maximum Gasteiger partial charge on any atom is 0.255 e. The van der Waals surface area contributed by atoms with Crippen LogP contribution >= 0.6 is 0 Å². The number of hydrogen-bond donors (Lipinski definition) is 1. The van der Waals surface area contributed by atoms with Gasteiger partial charge in [-0.2, -0.15) is 0 Å². The molecule has 0 saturated heterocycles. The Kier molecular flexibility index (Phi) is 6.26. The second kappa shape index (κ2) is 9.43. The molecular formula is C25H21F2N3O2. The number of para-hydroxylation sites is 1. The maximum atomic E-state index is 13.5. The van der Waals surface area contributed by atoms with Crippen molar-refractivity contribution in [3.63, 3.8) is 0 Å². The van der Waals surface area contributed by atoms with Crippen molar-refractivity contribution >= 4 is 5.91 Å². The van der Waals surface area contributed by atoms with Crippen LogP contribution in [0.15, 0.2) is 85.2 Å². The fourth-order valence-corrected chi connectivity index (χ4v) is 3.34. The van der Waals surface area contributed by atoms with Gasteiger partial charge in [0.25, 0.3) is 5.91 Å². The number of nitrogens with zero attached hydrogens (tertiary/aromatic N) is 2. The molecule has 162 valence electrons. The van der Waals surface area contributed by atoms with E-state index in [9.17, 15) is 13.6 Å². The number of aromatic nitrogens is 2. The molecule has 1 heterocycles. The molecule has 4 rings (SSSR count). The maximum absolute atomic E-state index is 13.5. The van der Waals surface area contributed by atoms with Crippen LogP contribution in [0.4, 0.5) is 8.78 Å². The number of imidazole rings is 1. The van der Waals surface area contributed by atoms with Gasteiger partial charge in [0.05, 0.1) is 5.56 Å². The number of amides is 1. The lowest BCUT2D eigenvalue weighted by atomic mass is 10.0. The third kappa shape index (κ3) is 4.83. The summed E-state index contributed by atoms with van der Waals surface area (Å²) >= 11 is 0. The average Bonchev–Trinajstić information content (AvgIpc) is 3.23. The Bertz CT molecular complexity index is 1200. The van der Waals surface area contributed by atoms with Gasteiger partial charge in [-0.25, -0.2) is 13.8 Å². The molecule has 0 fully saturated rings. The summed E-state index contributed by atoms with van der Waals surface area (Å²) < 4.78 is 34.2. The van der Waals surface area contributed by atoms with E-state index >= 15 is 0 Å². The number of carbonyl (C=O) groups is 1. The van der Waals surface area contributed by atoms with Crippen LogP contribution in [0.25, 0.3) is 0 Å². The Morgan fingerprint density at radius 3 is 2.31 bits per heavy atom. The summed E-state index contributed by atoms with van der Waals surface area (Å²) in [4.78, 5) is 17.6. The Morgan fingerprint density at radius 1 is 1.00 bits per heavy atom. The van der Waals surface area contributed by atoms with Crippen molar-refractivity contribution in [2.75, 3.05) is 0 Å². The molecule has 0 unspecified atom stereocenters. The van der Waals surface area contributed by atoms with Gasteiger partial charge >= 0.3 is 0 Å². The third-order valence-corrected chi connectivity index (χ3v) is 5.03. The van der Waals surface area contributed by atoms with E-state index in [0.717, 1.165) is 5.56 Å². The van der Waals surface area contributed by atoms with Gasteiger partial charge in [-0.1, -0.05) is 36.4 Å². The van der Waals surface area contributed by atoms with Crippen LogP contribution in [0.2, 0.25) is 0 Å². The average molecular weight is 433 g/mol. The molecule has 7 heteroatoms. The first-order valence-electron chi connectivity index (χ1n) is 10.0. The molecule has 0 radical (unpaired) electrons. The fraction of sp³-hybridized carbons (Fsp3) is 0.120. The molecule has 1 amide bonds. The lowest BCUT2D eigenvalue weighted by Gasteiger charge is -2.20. The number of aryl methyl sites for hydroxylation is 1. The van der Waals surface area contributed by atoms with E-state index in [4.69, 9.17) is 4.74 Å². The van der Waals surface area contributed by atoms with Crippen LogP contribution < -0.4 is 10.1 Å². The predicted octanol–water partition coefficient (Wildman–Crippen LogP) is 4.80. The molecular weight excluding hydrogens is 412 g/mol. The Balaban J connectivity index is 1.58. The number of carbonyl (C=O) groups excluding carboxylic acids is 1. The zero-order valence-corrected chi connectivity index (χ0v) is 17.3. The van der Waals surface area contributed by atoms with Crippen LogP contribution in [-0.2, 0) is 13.7 Å². The molecule has 0 aliphatic heterocycles. The second-order valence-electron chi connectivity index (χ2n) is 7.27. The number of benzene rings is 3. The number of ether oxygens (including phenoxy) is 1. The van der Waals surface area contributed by atoms with Crippen LogP contribution in [-0.4, -0.2) is 15.5 Å². The van der Waals surface area contributed by atoms with Crippen LogP contribution in [0.5, 0.6) is 5.75 Å². The van der Waals surface area contributed by atoms with E-state index in [1.165, 1.54) is 24.3 Å². The molecule has 1 N–H and O–H groups in total. The fourth-order valence-electron chi connectivity index (χ4n) is 3.34. The van der Waals surface area contributed by atoms with E-state index in [0.29, 0.717) is 22.7 Å². The van der Waals surface area contributed by atoms with Crippen molar-refractivity contribution in [3.8, 4) is 5.75 Å². The molecule has 0 bridgehead atoms. The minimum absolute atomic E-state index is 0.186. The highest BCUT2D eigenvalue weighted by Gasteiger charge is 2.23. The second-order valence-corrected chi connectivity index (χ2v) is 7.27. The van der Waals surface area contributed by atoms with Crippen molar-refractivity contribution < 1.29 is 18.3 Å². The largest absolute Gasteiger partial charge is 0.488 e. The third-order valence-electron chi connectivity index (χ3n) is 5.03. The van der Waals surface area contributed by atoms with Gasteiger partial charge < -0.3 is 14.6 Å². The highest BCUT2D eigenvalue weighted by molar-refractivity contribution is 5.97. The summed E-state index contributed by atoms with van der Waals surface area (Å²) in [5.74, 6) is -0.0495. The van der Waals surface area contributed by atoms with Crippen molar-refractivity contribution in [2.45, 2.75) is 12.6 Å². The first kappa shape index (κ1) is 21.2. The van der Waals surface area contributed by atoms with Gasteiger partial charge in [0.2, 0.25) is 0 Å². The topological polar surface area (TPSA) is 56.2 Å². The zero-order chi connectivity index (χ0) is 22.5. The summed E-state index contributed by atoms with van der Waals surface area (Å²) in [5, 5.41) is 2.98. The minimum Gasteiger partial charge on any atom is -0.488 e. The minimum atomic E-state index is -0.590. The normalized spacial score (nSPS) is 11.7. The monoisotopic (exact) mass is 433 g/mol. The molecule has 0 aliphatic rings. The Morgan fingerprint density at radius 2 is 1.66 bits per heavy atom. The molecule has 0 spiro atoms. The zero-order valence-electron chi connectivity index (χ0n) is 17.3. The van der Waals surface area contributed by atoms with Gasteiger partial charge in [0, 0.05) is 19.4 Å². The molecule has 1 aromatic heterocycles. The molecule has 32 heavy (non-hydrogen) atoms. The first-order valence-corrected chi connectivity index (χ1v) is 10.0. The molecule has 4 aromatic rings. The summed E-state index contributed by atoms with van der Waals surface area (Å²) in [5.41, 5.74) is 1.81. The molecule has 1 atom stereocenters. The molecule has 3 aromatic carbocycles. The number of halogens is 2. The van der Waals surface area contributed by atoms with Gasteiger partial charge in [-0.15, -0.1) is 0 Å². The Hall–Kier alpha value is -4.00. The predicted molar refractivity (Wildman–Crippen MR) is 116 cm³/mol. The van der Waals surface area contributed by atoms with Gasteiger partial charge in [-0.05, 0) is 47.5 Å². The number of hydrogen-bond acceptors (Lipinski definition) is 3. The van der Waals surface area contributed by atoms with E-state index in [1.807, 2.05) is 7.05 Å². The summed E-state index contributed by atoms with van der Waals surface area (Å²) in [7, 11) is 1.82. The van der Waals surface area contributed by atoms with Gasteiger partial charge in [0.15, 0.2) is 0 Å². The lowest BCUT2D eigenvalue weighted by Crippen LogP contribution is -2.31. The van der Waals surface area contributed by atoms with Gasteiger partial charge in [-0.3, -0.25) is 4.79 Å². The molecule has 0 aliphatic carbocycles. The van der Waals surface area contributed by atoms with E-state index in [2.05, 4.69) is 10.3 Å². The van der Waals surface area contributed by atoms with Crippen molar-refractivity contribution in [1.29, 1.82) is 0 Å². The van der Waals surface area contributed by atoms with E-state index in [-0.39, 0.29) is 24.1 Å². The van der Waals surface area contributed by atoms with Crippen molar-refractivity contribution in [2.24, 2.45) is 7.05 Å². The quantitative estimate of drug-likeness (QED) is 0.456. The summed E-state index contributed by atoms with van der Waals surface area (Å²) in [6, 6.07) is 18.2. The molecule has 5 nitrogen and oxygen atoms in total. The SMILES string of the molecule is Cn1ccnc1[C@H](NC(=O)c1ccccc1OCc1ccc(F)cc1)c1ccc(F)cc1.